The lowest BCUT2D eigenvalue weighted by molar-refractivity contribution is 0.100. The topological polar surface area (TPSA) is 83.0 Å². The first-order valence-electron chi connectivity index (χ1n) is 8.09. The van der Waals surface area contributed by atoms with Crippen molar-refractivity contribution in [1.82, 2.24) is 14.8 Å². The van der Waals surface area contributed by atoms with Gasteiger partial charge in [-0.2, -0.15) is 5.10 Å². The Morgan fingerprint density at radius 1 is 1.44 bits per heavy atom. The molecule has 1 amide bonds. The molecule has 0 aromatic carbocycles. The molecule has 3 aromatic heterocycles. The molecule has 1 aliphatic carbocycles. The molecule has 1 saturated carbocycles. The van der Waals surface area contributed by atoms with Crippen molar-refractivity contribution in [3.63, 3.8) is 0 Å². The van der Waals surface area contributed by atoms with E-state index in [2.05, 4.69) is 4.98 Å². The van der Waals surface area contributed by atoms with Gasteiger partial charge in [0.2, 0.25) is 5.88 Å². The highest BCUT2D eigenvalue weighted by Gasteiger charge is 2.26. The van der Waals surface area contributed by atoms with Crippen molar-refractivity contribution in [2.45, 2.75) is 31.7 Å². The van der Waals surface area contributed by atoms with E-state index in [0.29, 0.717) is 21.8 Å². The van der Waals surface area contributed by atoms with Gasteiger partial charge < -0.3 is 10.5 Å². The van der Waals surface area contributed by atoms with Crippen LogP contribution in [0.3, 0.4) is 0 Å². The summed E-state index contributed by atoms with van der Waals surface area (Å²) >= 11 is 7.78. The van der Waals surface area contributed by atoms with E-state index in [1.807, 2.05) is 10.1 Å². The van der Waals surface area contributed by atoms with E-state index in [0.717, 1.165) is 35.0 Å². The summed E-state index contributed by atoms with van der Waals surface area (Å²) in [5.41, 5.74) is 7.77. The Labute approximate surface area is 153 Å². The number of carbonyl (C=O) groups excluding carboxylic acids is 1. The van der Waals surface area contributed by atoms with Crippen molar-refractivity contribution < 1.29 is 9.53 Å². The number of hydrogen-bond acceptors (Lipinski definition) is 5. The van der Waals surface area contributed by atoms with Crippen LogP contribution in [0.4, 0.5) is 0 Å². The maximum atomic E-state index is 11.4. The fourth-order valence-electron chi connectivity index (χ4n) is 3.47. The summed E-state index contributed by atoms with van der Waals surface area (Å²) in [5, 5.41) is 8.05. The Bertz CT molecular complexity index is 959. The van der Waals surface area contributed by atoms with Crippen LogP contribution in [-0.2, 0) is 0 Å². The second kappa shape index (κ2) is 6.31. The number of pyridine rings is 1. The second-order valence-electron chi connectivity index (χ2n) is 6.13. The Morgan fingerprint density at radius 2 is 2.20 bits per heavy atom. The Balaban J connectivity index is 1.99. The average Bonchev–Trinajstić information content (AvgIpc) is 3.33. The van der Waals surface area contributed by atoms with Crippen LogP contribution in [0.15, 0.2) is 17.6 Å². The molecule has 2 N–H and O–H groups in total. The van der Waals surface area contributed by atoms with Crippen LogP contribution in [0.25, 0.3) is 22.2 Å². The van der Waals surface area contributed by atoms with Crippen molar-refractivity contribution in [2.24, 2.45) is 5.73 Å². The Kier molecular flexibility index (Phi) is 4.13. The molecule has 0 bridgehead atoms. The van der Waals surface area contributed by atoms with Crippen LogP contribution >= 0.6 is 22.9 Å². The minimum atomic E-state index is -0.445. The number of hydrogen-bond donors (Lipinski definition) is 1. The molecule has 1 fully saturated rings. The molecular weight excluding hydrogens is 360 g/mol. The first kappa shape index (κ1) is 16.4. The minimum absolute atomic E-state index is 0.315. The number of methoxy groups -OCH3 is 1. The van der Waals surface area contributed by atoms with Gasteiger partial charge >= 0.3 is 0 Å². The van der Waals surface area contributed by atoms with Crippen LogP contribution in [0, 0.1) is 0 Å². The van der Waals surface area contributed by atoms with Crippen molar-refractivity contribution in [1.29, 1.82) is 0 Å². The van der Waals surface area contributed by atoms with Crippen LogP contribution in [0.2, 0.25) is 5.02 Å². The predicted octanol–water partition coefficient (Wildman–Crippen LogP) is 4.04. The van der Waals surface area contributed by atoms with Gasteiger partial charge in [0.1, 0.15) is 5.69 Å². The smallest absolute Gasteiger partial charge is 0.258 e. The Hall–Kier alpha value is -2.12. The quantitative estimate of drug-likeness (QED) is 0.744. The van der Waals surface area contributed by atoms with Crippen LogP contribution < -0.4 is 10.5 Å². The van der Waals surface area contributed by atoms with E-state index in [-0.39, 0.29) is 0 Å². The van der Waals surface area contributed by atoms with Crippen molar-refractivity contribution >= 4 is 39.7 Å². The zero-order valence-corrected chi connectivity index (χ0v) is 15.2. The van der Waals surface area contributed by atoms with E-state index in [4.69, 9.17) is 27.2 Å². The lowest BCUT2D eigenvalue weighted by Crippen LogP contribution is -2.08. The van der Waals surface area contributed by atoms with Gasteiger partial charge in [0.15, 0.2) is 0 Å². The summed E-state index contributed by atoms with van der Waals surface area (Å²) in [4.78, 5) is 16.2. The molecule has 0 saturated heterocycles. The highest BCUT2D eigenvalue weighted by atomic mass is 35.5. The van der Waals surface area contributed by atoms with Crippen LogP contribution in [0.5, 0.6) is 5.88 Å². The normalized spacial score (nSPS) is 15.1. The minimum Gasteiger partial charge on any atom is -0.480 e. The number of carbonyl (C=O) groups is 1. The summed E-state index contributed by atoms with van der Waals surface area (Å²) in [5.74, 6) is 0.0318. The van der Waals surface area contributed by atoms with Crippen LogP contribution in [0.1, 0.15) is 41.4 Å². The molecule has 4 rings (SSSR count). The van der Waals surface area contributed by atoms with Gasteiger partial charge in [0, 0.05) is 10.9 Å². The molecule has 3 heterocycles. The third-order valence-electron chi connectivity index (χ3n) is 4.63. The van der Waals surface area contributed by atoms with E-state index in [1.165, 1.54) is 24.2 Å². The number of primary amides is 1. The number of thiophene rings is 1. The molecule has 0 aliphatic heterocycles. The monoisotopic (exact) mass is 376 g/mol. The summed E-state index contributed by atoms with van der Waals surface area (Å²) in [6.45, 7) is 0. The molecule has 8 heteroatoms. The SMILES string of the molecule is COc1ncc(Cl)c2c1c(-c1csc(C(N)=O)c1)nn2C1CCCC1. The van der Waals surface area contributed by atoms with E-state index >= 15 is 0 Å². The zero-order valence-electron chi connectivity index (χ0n) is 13.7. The summed E-state index contributed by atoms with van der Waals surface area (Å²) in [7, 11) is 1.58. The van der Waals surface area contributed by atoms with Gasteiger partial charge in [-0.05, 0) is 18.9 Å². The van der Waals surface area contributed by atoms with E-state index < -0.39 is 5.91 Å². The molecule has 0 unspecified atom stereocenters. The highest BCUT2D eigenvalue weighted by molar-refractivity contribution is 7.12. The third kappa shape index (κ3) is 2.67. The lowest BCUT2D eigenvalue weighted by atomic mass is 10.1. The molecule has 0 radical (unpaired) electrons. The third-order valence-corrected chi connectivity index (χ3v) is 5.85. The number of nitrogens with two attached hydrogens (primary N) is 1. The predicted molar refractivity (Wildman–Crippen MR) is 98.4 cm³/mol. The number of aromatic nitrogens is 3. The second-order valence-corrected chi connectivity index (χ2v) is 7.45. The van der Waals surface area contributed by atoms with Crippen molar-refractivity contribution in [2.75, 3.05) is 7.11 Å². The van der Waals surface area contributed by atoms with Gasteiger partial charge in [-0.15, -0.1) is 11.3 Å². The number of rotatable bonds is 4. The Morgan fingerprint density at radius 3 is 2.84 bits per heavy atom. The first-order chi connectivity index (χ1) is 12.1. The number of ether oxygens (including phenoxy) is 1. The highest BCUT2D eigenvalue weighted by Crippen LogP contribution is 2.42. The molecule has 0 atom stereocenters. The summed E-state index contributed by atoms with van der Waals surface area (Å²) in [6, 6.07) is 2.07. The maximum Gasteiger partial charge on any atom is 0.258 e. The number of nitrogens with zero attached hydrogens (tertiary/aromatic N) is 3. The summed E-state index contributed by atoms with van der Waals surface area (Å²) < 4.78 is 7.47. The molecule has 6 nitrogen and oxygen atoms in total. The van der Waals surface area contributed by atoms with E-state index in [1.54, 1.807) is 19.4 Å². The first-order valence-corrected chi connectivity index (χ1v) is 9.35. The molecule has 3 aromatic rings. The molecule has 1 aliphatic rings. The molecular formula is C17H17ClN4O2S. The fourth-order valence-corrected chi connectivity index (χ4v) is 4.44. The zero-order chi connectivity index (χ0) is 17.6. The van der Waals surface area contributed by atoms with Gasteiger partial charge in [0.25, 0.3) is 5.91 Å². The average molecular weight is 377 g/mol. The number of amides is 1. The fraction of sp³-hybridized carbons (Fsp3) is 0.353. The molecule has 130 valence electrons. The maximum absolute atomic E-state index is 11.4. The summed E-state index contributed by atoms with van der Waals surface area (Å²) in [6.07, 6.45) is 6.12. The molecule has 25 heavy (non-hydrogen) atoms. The van der Waals surface area contributed by atoms with Gasteiger partial charge in [0.05, 0.1) is 40.2 Å². The number of fused-ring (bicyclic) bond motifs is 1. The lowest BCUT2D eigenvalue weighted by Gasteiger charge is -2.12. The van der Waals surface area contributed by atoms with Gasteiger partial charge in [-0.3, -0.25) is 9.48 Å². The molecule has 0 spiro atoms. The van der Waals surface area contributed by atoms with Crippen LogP contribution in [-0.4, -0.2) is 27.8 Å². The standard InChI is InChI=1S/C17H17ClN4O2S/c1-24-17-13-14(9-6-12(16(19)23)25-8-9)21-22(10-4-2-3-5-10)15(13)11(18)7-20-17/h6-8,10H,2-5H2,1H3,(H2,19,23). The van der Waals surface area contributed by atoms with Gasteiger partial charge in [-0.25, -0.2) is 4.98 Å². The van der Waals surface area contributed by atoms with Crippen molar-refractivity contribution in [3.05, 3.63) is 27.5 Å². The van der Waals surface area contributed by atoms with Gasteiger partial charge in [-0.1, -0.05) is 24.4 Å². The van der Waals surface area contributed by atoms with E-state index in [9.17, 15) is 4.79 Å². The largest absolute Gasteiger partial charge is 0.480 e. The number of halogens is 1. The van der Waals surface area contributed by atoms with Crippen molar-refractivity contribution in [3.8, 4) is 17.1 Å².